The molecule has 1 amide bonds. The number of carbonyl (C=O) groups excluding carboxylic acids is 1. The maximum absolute atomic E-state index is 13.9. The summed E-state index contributed by atoms with van der Waals surface area (Å²) in [6.07, 6.45) is -3.05. The molecular weight excluding hydrogens is 316 g/mol. The van der Waals surface area contributed by atoms with E-state index in [9.17, 15) is 22.4 Å². The number of rotatable bonds is 5. The number of nitrogens with two attached hydrogens (primary N) is 1. The monoisotopic (exact) mass is 334 g/mol. The van der Waals surface area contributed by atoms with Crippen molar-refractivity contribution >= 4 is 5.91 Å². The van der Waals surface area contributed by atoms with Crippen LogP contribution in [0.5, 0.6) is 5.75 Å². The standard InChI is InChI=1S/C15H18F4N2O2/c16-12-4-1-5-13(23-15(17,18)19)11(12)9-21-6-2-3-10(8-21)7-14(20)22/h1,4-5,10H,2-3,6-9H2,(H2,20,22)/t10-/m1/s1. The highest BCUT2D eigenvalue weighted by molar-refractivity contribution is 5.74. The third-order valence-electron chi connectivity index (χ3n) is 3.78. The van der Waals surface area contributed by atoms with E-state index >= 15 is 0 Å². The molecule has 0 radical (unpaired) electrons. The highest BCUT2D eigenvalue weighted by Crippen LogP contribution is 2.30. The molecule has 4 nitrogen and oxygen atoms in total. The fourth-order valence-electron chi connectivity index (χ4n) is 2.88. The van der Waals surface area contributed by atoms with Crippen molar-refractivity contribution in [3.63, 3.8) is 0 Å². The molecule has 1 aromatic carbocycles. The second kappa shape index (κ2) is 7.16. The lowest BCUT2D eigenvalue weighted by molar-refractivity contribution is -0.275. The Morgan fingerprint density at radius 1 is 1.39 bits per heavy atom. The summed E-state index contributed by atoms with van der Waals surface area (Å²) >= 11 is 0. The fraction of sp³-hybridized carbons (Fsp3) is 0.533. The number of alkyl halides is 3. The molecule has 23 heavy (non-hydrogen) atoms. The molecular formula is C15H18F4N2O2. The molecule has 0 saturated carbocycles. The summed E-state index contributed by atoms with van der Waals surface area (Å²) in [5.41, 5.74) is 5.04. The van der Waals surface area contributed by atoms with Gasteiger partial charge in [0.2, 0.25) is 5.91 Å². The summed E-state index contributed by atoms with van der Waals surface area (Å²) in [6.45, 7) is 1.10. The van der Waals surface area contributed by atoms with Crippen LogP contribution in [0, 0.1) is 11.7 Å². The number of nitrogens with zero attached hydrogens (tertiary/aromatic N) is 1. The number of primary amides is 1. The molecule has 8 heteroatoms. The minimum atomic E-state index is -4.88. The van der Waals surface area contributed by atoms with Gasteiger partial charge >= 0.3 is 6.36 Å². The number of carbonyl (C=O) groups is 1. The van der Waals surface area contributed by atoms with Crippen LogP contribution in [0.1, 0.15) is 24.8 Å². The first kappa shape index (κ1) is 17.5. The Morgan fingerprint density at radius 3 is 2.78 bits per heavy atom. The third kappa shape index (κ3) is 5.38. The van der Waals surface area contributed by atoms with Gasteiger partial charge < -0.3 is 10.5 Å². The van der Waals surface area contributed by atoms with Crippen molar-refractivity contribution in [1.29, 1.82) is 0 Å². The highest BCUT2D eigenvalue weighted by Gasteiger charge is 2.33. The van der Waals surface area contributed by atoms with Crippen molar-refractivity contribution in [2.24, 2.45) is 11.7 Å². The molecule has 0 unspecified atom stereocenters. The molecule has 1 fully saturated rings. The molecule has 0 aromatic heterocycles. The number of likely N-dealkylation sites (tertiary alicyclic amines) is 1. The van der Waals surface area contributed by atoms with Gasteiger partial charge in [-0.05, 0) is 37.4 Å². The molecule has 128 valence electrons. The van der Waals surface area contributed by atoms with E-state index in [0.717, 1.165) is 25.0 Å². The van der Waals surface area contributed by atoms with Gasteiger partial charge in [0.05, 0.1) is 0 Å². The number of halogens is 4. The molecule has 2 N–H and O–H groups in total. The van der Waals surface area contributed by atoms with E-state index in [2.05, 4.69) is 4.74 Å². The Labute approximate surface area is 131 Å². The van der Waals surface area contributed by atoms with Crippen molar-refractivity contribution in [3.8, 4) is 5.75 Å². The Balaban J connectivity index is 2.11. The zero-order valence-corrected chi connectivity index (χ0v) is 12.4. The van der Waals surface area contributed by atoms with Crippen LogP contribution in [0.3, 0.4) is 0 Å². The Hall–Kier alpha value is -1.83. The lowest BCUT2D eigenvalue weighted by Crippen LogP contribution is -2.37. The second-order valence-electron chi connectivity index (χ2n) is 5.68. The van der Waals surface area contributed by atoms with Crippen LogP contribution in [-0.2, 0) is 11.3 Å². The van der Waals surface area contributed by atoms with Crippen molar-refractivity contribution in [1.82, 2.24) is 4.90 Å². The van der Waals surface area contributed by atoms with Crippen LogP contribution in [-0.4, -0.2) is 30.3 Å². The summed E-state index contributed by atoms with van der Waals surface area (Å²) in [5, 5.41) is 0. The summed E-state index contributed by atoms with van der Waals surface area (Å²) in [6, 6.07) is 3.37. The van der Waals surface area contributed by atoms with E-state index in [1.54, 1.807) is 0 Å². The van der Waals surface area contributed by atoms with E-state index in [4.69, 9.17) is 5.73 Å². The van der Waals surface area contributed by atoms with Crippen molar-refractivity contribution in [2.45, 2.75) is 32.2 Å². The van der Waals surface area contributed by atoms with Gasteiger partial charge in [-0.2, -0.15) is 0 Å². The minimum absolute atomic E-state index is 0.00660. The van der Waals surface area contributed by atoms with Crippen LogP contribution in [0.2, 0.25) is 0 Å². The molecule has 1 atom stereocenters. The smallest absolute Gasteiger partial charge is 0.405 e. The lowest BCUT2D eigenvalue weighted by atomic mass is 9.94. The predicted molar refractivity (Wildman–Crippen MR) is 74.9 cm³/mol. The van der Waals surface area contributed by atoms with Gasteiger partial charge in [0.1, 0.15) is 11.6 Å². The van der Waals surface area contributed by atoms with Crippen molar-refractivity contribution < 1.29 is 27.1 Å². The average Bonchev–Trinajstić information content (AvgIpc) is 2.41. The highest BCUT2D eigenvalue weighted by atomic mass is 19.4. The number of piperidine rings is 1. The summed E-state index contributed by atoms with van der Waals surface area (Å²) in [4.78, 5) is 12.8. The van der Waals surface area contributed by atoms with Crippen LogP contribution >= 0.6 is 0 Å². The van der Waals surface area contributed by atoms with Gasteiger partial charge in [-0.1, -0.05) is 6.07 Å². The van der Waals surface area contributed by atoms with Crippen LogP contribution in [0.15, 0.2) is 18.2 Å². The molecule has 2 rings (SSSR count). The van der Waals surface area contributed by atoms with E-state index in [1.807, 2.05) is 4.90 Å². The van der Waals surface area contributed by atoms with E-state index in [1.165, 1.54) is 6.07 Å². The number of amides is 1. The quantitative estimate of drug-likeness (QED) is 0.843. The van der Waals surface area contributed by atoms with Gasteiger partial charge in [0, 0.05) is 25.1 Å². The first-order valence-corrected chi connectivity index (χ1v) is 7.28. The Bertz CT molecular complexity index is 563. The maximum Gasteiger partial charge on any atom is 0.573 e. The molecule has 0 aliphatic carbocycles. The topological polar surface area (TPSA) is 55.6 Å². The van der Waals surface area contributed by atoms with Crippen LogP contribution < -0.4 is 10.5 Å². The molecule has 1 aromatic rings. The van der Waals surface area contributed by atoms with Crippen LogP contribution in [0.4, 0.5) is 17.6 Å². The van der Waals surface area contributed by atoms with E-state index in [0.29, 0.717) is 13.1 Å². The maximum atomic E-state index is 13.9. The van der Waals surface area contributed by atoms with Crippen molar-refractivity contribution in [3.05, 3.63) is 29.6 Å². The minimum Gasteiger partial charge on any atom is -0.405 e. The lowest BCUT2D eigenvalue weighted by Gasteiger charge is -2.32. The number of ether oxygens (including phenoxy) is 1. The van der Waals surface area contributed by atoms with Gasteiger partial charge in [0.25, 0.3) is 0 Å². The first-order chi connectivity index (χ1) is 10.7. The summed E-state index contributed by atoms with van der Waals surface area (Å²) in [5.74, 6) is -1.65. The van der Waals surface area contributed by atoms with Crippen molar-refractivity contribution in [2.75, 3.05) is 13.1 Å². The molecule has 1 saturated heterocycles. The Morgan fingerprint density at radius 2 is 2.13 bits per heavy atom. The molecule has 1 aliphatic heterocycles. The Kier molecular flexibility index (Phi) is 5.46. The predicted octanol–water partition coefficient (Wildman–Crippen LogP) is 2.81. The molecule has 1 heterocycles. The second-order valence-corrected chi connectivity index (χ2v) is 5.68. The molecule has 0 spiro atoms. The van der Waals surface area contributed by atoms with E-state index in [-0.39, 0.29) is 24.4 Å². The van der Waals surface area contributed by atoms with Gasteiger partial charge in [0.15, 0.2) is 0 Å². The van der Waals surface area contributed by atoms with E-state index < -0.39 is 23.8 Å². The normalized spacial score (nSPS) is 19.6. The third-order valence-corrected chi connectivity index (χ3v) is 3.78. The largest absolute Gasteiger partial charge is 0.573 e. The number of hydrogen-bond donors (Lipinski definition) is 1. The van der Waals surface area contributed by atoms with Gasteiger partial charge in [-0.3, -0.25) is 9.69 Å². The average molecular weight is 334 g/mol. The molecule has 0 bridgehead atoms. The zero-order valence-electron chi connectivity index (χ0n) is 12.4. The molecule has 1 aliphatic rings. The summed E-state index contributed by atoms with van der Waals surface area (Å²) in [7, 11) is 0. The van der Waals surface area contributed by atoms with Gasteiger partial charge in [-0.25, -0.2) is 4.39 Å². The van der Waals surface area contributed by atoms with Crippen LogP contribution in [0.25, 0.3) is 0 Å². The summed E-state index contributed by atoms with van der Waals surface area (Å²) < 4.78 is 55.1. The number of hydrogen-bond acceptors (Lipinski definition) is 3. The number of benzene rings is 1. The SMILES string of the molecule is NC(=O)C[C@H]1CCCN(Cc2c(F)cccc2OC(F)(F)F)C1. The first-order valence-electron chi connectivity index (χ1n) is 7.28. The zero-order chi connectivity index (χ0) is 17.0. The van der Waals surface area contributed by atoms with Gasteiger partial charge in [-0.15, -0.1) is 13.2 Å². The fourth-order valence-corrected chi connectivity index (χ4v) is 2.88.